The second-order valence-electron chi connectivity index (χ2n) is 5.02. The predicted molar refractivity (Wildman–Crippen MR) is 89.2 cm³/mol. The average Bonchev–Trinajstić information content (AvgIpc) is 2.57. The minimum Gasteiger partial charge on any atom is -0.494 e. The SMILES string of the molecule is CCOc1ccc(NC(=O)C(=O)N[C@H](C)c2ccccc2)cc1. The highest BCUT2D eigenvalue weighted by atomic mass is 16.5. The molecule has 0 bridgehead atoms. The normalized spacial score (nSPS) is 11.4. The molecule has 23 heavy (non-hydrogen) atoms. The Morgan fingerprint density at radius 2 is 1.65 bits per heavy atom. The molecule has 2 amide bonds. The molecule has 1 atom stereocenters. The largest absolute Gasteiger partial charge is 0.494 e. The lowest BCUT2D eigenvalue weighted by atomic mass is 10.1. The maximum Gasteiger partial charge on any atom is 0.313 e. The number of nitrogens with one attached hydrogen (secondary N) is 2. The van der Waals surface area contributed by atoms with Crippen LogP contribution in [0.3, 0.4) is 0 Å². The molecule has 0 aromatic heterocycles. The number of ether oxygens (including phenoxy) is 1. The van der Waals surface area contributed by atoms with Gasteiger partial charge in [0.15, 0.2) is 0 Å². The summed E-state index contributed by atoms with van der Waals surface area (Å²) < 4.78 is 5.32. The number of carbonyl (C=O) groups is 2. The zero-order valence-corrected chi connectivity index (χ0v) is 13.2. The van der Waals surface area contributed by atoms with Gasteiger partial charge in [-0.15, -0.1) is 0 Å². The number of anilines is 1. The summed E-state index contributed by atoms with van der Waals surface area (Å²) in [7, 11) is 0. The van der Waals surface area contributed by atoms with Crippen molar-refractivity contribution in [2.45, 2.75) is 19.9 Å². The van der Waals surface area contributed by atoms with Gasteiger partial charge in [0.05, 0.1) is 12.6 Å². The standard InChI is InChI=1S/C18H20N2O3/c1-3-23-16-11-9-15(10-12-16)20-18(22)17(21)19-13(2)14-7-5-4-6-8-14/h4-13H,3H2,1-2H3,(H,19,21)(H,20,22)/t13-/m1/s1. The lowest BCUT2D eigenvalue weighted by Gasteiger charge is -2.14. The third-order valence-corrected chi connectivity index (χ3v) is 3.28. The Balaban J connectivity index is 1.91. The maximum atomic E-state index is 12.0. The molecule has 0 saturated carbocycles. The van der Waals surface area contributed by atoms with Gasteiger partial charge in [-0.1, -0.05) is 30.3 Å². The molecule has 120 valence electrons. The molecule has 2 N–H and O–H groups in total. The Labute approximate surface area is 135 Å². The molecule has 0 spiro atoms. The van der Waals surface area contributed by atoms with Crippen LogP contribution in [0.25, 0.3) is 0 Å². The zero-order valence-electron chi connectivity index (χ0n) is 13.2. The molecule has 5 nitrogen and oxygen atoms in total. The highest BCUT2D eigenvalue weighted by Gasteiger charge is 2.17. The first-order chi connectivity index (χ1) is 11.1. The molecular weight excluding hydrogens is 292 g/mol. The van der Waals surface area contributed by atoms with Crippen molar-refractivity contribution in [1.82, 2.24) is 5.32 Å². The van der Waals surface area contributed by atoms with E-state index in [1.807, 2.05) is 44.2 Å². The van der Waals surface area contributed by atoms with Gasteiger partial charge in [0.25, 0.3) is 0 Å². The van der Waals surface area contributed by atoms with Crippen LogP contribution in [0, 0.1) is 0 Å². The molecule has 0 heterocycles. The Hall–Kier alpha value is -2.82. The second-order valence-corrected chi connectivity index (χ2v) is 5.02. The smallest absolute Gasteiger partial charge is 0.313 e. The number of carbonyl (C=O) groups excluding carboxylic acids is 2. The minimum absolute atomic E-state index is 0.241. The van der Waals surface area contributed by atoms with E-state index < -0.39 is 11.8 Å². The summed E-state index contributed by atoms with van der Waals surface area (Å²) in [6.07, 6.45) is 0. The third kappa shape index (κ3) is 4.85. The number of amides is 2. The van der Waals surface area contributed by atoms with E-state index in [2.05, 4.69) is 10.6 Å². The Morgan fingerprint density at radius 3 is 2.26 bits per heavy atom. The van der Waals surface area contributed by atoms with Crippen molar-refractivity contribution in [2.75, 3.05) is 11.9 Å². The van der Waals surface area contributed by atoms with Crippen LogP contribution in [0.5, 0.6) is 5.75 Å². The summed E-state index contributed by atoms with van der Waals surface area (Å²) >= 11 is 0. The van der Waals surface area contributed by atoms with Crippen molar-refractivity contribution >= 4 is 17.5 Å². The lowest BCUT2D eigenvalue weighted by molar-refractivity contribution is -0.136. The molecule has 0 unspecified atom stereocenters. The van der Waals surface area contributed by atoms with Crippen LogP contribution in [0.2, 0.25) is 0 Å². The van der Waals surface area contributed by atoms with Crippen molar-refractivity contribution in [1.29, 1.82) is 0 Å². The van der Waals surface area contributed by atoms with Gasteiger partial charge in [0.1, 0.15) is 5.75 Å². The van der Waals surface area contributed by atoms with E-state index in [0.29, 0.717) is 18.0 Å². The highest BCUT2D eigenvalue weighted by Crippen LogP contribution is 2.16. The predicted octanol–water partition coefficient (Wildman–Crippen LogP) is 2.90. The van der Waals surface area contributed by atoms with Crippen LogP contribution >= 0.6 is 0 Å². The maximum absolute atomic E-state index is 12.0. The van der Waals surface area contributed by atoms with E-state index >= 15 is 0 Å². The van der Waals surface area contributed by atoms with Gasteiger partial charge in [-0.05, 0) is 43.7 Å². The van der Waals surface area contributed by atoms with Gasteiger partial charge in [0.2, 0.25) is 0 Å². The van der Waals surface area contributed by atoms with E-state index in [0.717, 1.165) is 5.56 Å². The number of rotatable bonds is 5. The Bertz CT molecular complexity index is 654. The van der Waals surface area contributed by atoms with Gasteiger partial charge in [-0.2, -0.15) is 0 Å². The monoisotopic (exact) mass is 312 g/mol. The van der Waals surface area contributed by atoms with Crippen LogP contribution in [0.4, 0.5) is 5.69 Å². The van der Waals surface area contributed by atoms with Gasteiger partial charge in [-0.3, -0.25) is 9.59 Å². The van der Waals surface area contributed by atoms with Crippen LogP contribution in [0.1, 0.15) is 25.5 Å². The van der Waals surface area contributed by atoms with Gasteiger partial charge >= 0.3 is 11.8 Å². The van der Waals surface area contributed by atoms with Crippen LogP contribution < -0.4 is 15.4 Å². The number of hydrogen-bond donors (Lipinski definition) is 2. The molecule has 0 aliphatic carbocycles. The van der Waals surface area contributed by atoms with E-state index in [9.17, 15) is 9.59 Å². The molecule has 2 aromatic carbocycles. The van der Waals surface area contributed by atoms with Gasteiger partial charge in [0, 0.05) is 5.69 Å². The summed E-state index contributed by atoms with van der Waals surface area (Å²) in [4.78, 5) is 23.9. The highest BCUT2D eigenvalue weighted by molar-refractivity contribution is 6.39. The van der Waals surface area contributed by atoms with Crippen LogP contribution in [-0.2, 0) is 9.59 Å². The lowest BCUT2D eigenvalue weighted by Crippen LogP contribution is -2.36. The van der Waals surface area contributed by atoms with Crippen LogP contribution in [0.15, 0.2) is 54.6 Å². The van der Waals surface area contributed by atoms with Crippen molar-refractivity contribution in [3.05, 3.63) is 60.2 Å². The van der Waals surface area contributed by atoms with Crippen molar-refractivity contribution in [3.63, 3.8) is 0 Å². The first-order valence-electron chi connectivity index (χ1n) is 7.49. The van der Waals surface area contributed by atoms with E-state index in [4.69, 9.17) is 4.74 Å². The fourth-order valence-electron chi connectivity index (χ4n) is 2.08. The quantitative estimate of drug-likeness (QED) is 0.834. The molecule has 2 aromatic rings. The molecular formula is C18H20N2O3. The van der Waals surface area contributed by atoms with Crippen molar-refractivity contribution in [2.24, 2.45) is 0 Å². The fraction of sp³-hybridized carbons (Fsp3) is 0.222. The second kappa shape index (κ2) is 7.98. The molecule has 0 aliphatic heterocycles. The fourth-order valence-corrected chi connectivity index (χ4v) is 2.08. The summed E-state index contributed by atoms with van der Waals surface area (Å²) in [6.45, 7) is 4.30. The third-order valence-electron chi connectivity index (χ3n) is 3.28. The van der Waals surface area contributed by atoms with E-state index in [-0.39, 0.29) is 6.04 Å². The van der Waals surface area contributed by atoms with Gasteiger partial charge in [-0.25, -0.2) is 0 Å². The van der Waals surface area contributed by atoms with Gasteiger partial charge < -0.3 is 15.4 Å². The average molecular weight is 312 g/mol. The van der Waals surface area contributed by atoms with Crippen molar-refractivity contribution in [3.8, 4) is 5.75 Å². The minimum atomic E-state index is -0.697. The topological polar surface area (TPSA) is 67.4 Å². The number of benzene rings is 2. The Kier molecular flexibility index (Phi) is 5.74. The van der Waals surface area contributed by atoms with E-state index in [1.165, 1.54) is 0 Å². The molecule has 0 saturated heterocycles. The Morgan fingerprint density at radius 1 is 1.00 bits per heavy atom. The summed E-state index contributed by atoms with van der Waals surface area (Å²) in [5.41, 5.74) is 1.48. The van der Waals surface area contributed by atoms with E-state index in [1.54, 1.807) is 24.3 Å². The number of hydrogen-bond acceptors (Lipinski definition) is 3. The molecule has 0 radical (unpaired) electrons. The zero-order chi connectivity index (χ0) is 16.7. The summed E-state index contributed by atoms with van der Waals surface area (Å²) in [5.74, 6) is -0.653. The first-order valence-corrected chi connectivity index (χ1v) is 7.49. The van der Waals surface area contributed by atoms with Crippen molar-refractivity contribution < 1.29 is 14.3 Å². The summed E-state index contributed by atoms with van der Waals surface area (Å²) in [6, 6.07) is 16.1. The molecule has 5 heteroatoms. The molecule has 2 rings (SSSR count). The molecule has 0 aliphatic rings. The molecule has 0 fully saturated rings. The first kappa shape index (κ1) is 16.5. The van der Waals surface area contributed by atoms with Crippen LogP contribution in [-0.4, -0.2) is 18.4 Å². The summed E-state index contributed by atoms with van der Waals surface area (Å²) in [5, 5.41) is 5.23.